The summed E-state index contributed by atoms with van der Waals surface area (Å²) in [4.78, 5) is 4.80. The van der Waals surface area contributed by atoms with Crippen LogP contribution in [-0.2, 0) is 0 Å². The van der Waals surface area contributed by atoms with Crippen molar-refractivity contribution in [3.05, 3.63) is 125 Å². The Morgan fingerprint density at radius 3 is 2.46 bits per heavy atom. The van der Waals surface area contributed by atoms with E-state index in [1.54, 1.807) is 0 Å². The van der Waals surface area contributed by atoms with Gasteiger partial charge in [-0.1, -0.05) is 90.5 Å². The SMILES string of the molecule is Cc1ccc(-c2csc(/C(C#N)=C/c3cn(-c4ccccc4)nc3-c3cccc4ccccc34)n2)cc1. The first-order chi connectivity index (χ1) is 18.2. The number of benzene rings is 4. The molecule has 0 aliphatic carbocycles. The maximum Gasteiger partial charge on any atom is 0.134 e. The third kappa shape index (κ3) is 4.47. The van der Waals surface area contributed by atoms with E-state index in [9.17, 15) is 5.26 Å². The third-order valence-corrected chi connectivity index (χ3v) is 7.19. The highest BCUT2D eigenvalue weighted by Crippen LogP contribution is 2.34. The second-order valence-electron chi connectivity index (χ2n) is 8.81. The number of para-hydroxylation sites is 1. The van der Waals surface area contributed by atoms with Gasteiger partial charge in [-0.2, -0.15) is 10.4 Å². The molecule has 176 valence electrons. The first kappa shape index (κ1) is 22.7. The number of hydrogen-bond donors (Lipinski definition) is 0. The van der Waals surface area contributed by atoms with Gasteiger partial charge in [0.2, 0.25) is 0 Å². The predicted molar refractivity (Wildman–Crippen MR) is 152 cm³/mol. The summed E-state index contributed by atoms with van der Waals surface area (Å²) in [7, 11) is 0. The first-order valence-electron chi connectivity index (χ1n) is 12.0. The van der Waals surface area contributed by atoms with Gasteiger partial charge < -0.3 is 0 Å². The number of thiazole rings is 1. The molecule has 0 saturated carbocycles. The van der Waals surface area contributed by atoms with E-state index in [0.717, 1.165) is 44.5 Å². The Bertz CT molecular complexity index is 1780. The van der Waals surface area contributed by atoms with Crippen molar-refractivity contribution < 1.29 is 0 Å². The molecule has 0 aliphatic heterocycles. The van der Waals surface area contributed by atoms with Crippen molar-refractivity contribution in [2.45, 2.75) is 6.92 Å². The van der Waals surface area contributed by atoms with Gasteiger partial charge in [-0.05, 0) is 35.9 Å². The van der Waals surface area contributed by atoms with Crippen LogP contribution < -0.4 is 0 Å². The van der Waals surface area contributed by atoms with Crippen molar-refractivity contribution in [3.63, 3.8) is 0 Å². The predicted octanol–water partition coefficient (Wildman–Crippen LogP) is 8.19. The zero-order valence-corrected chi connectivity index (χ0v) is 21.0. The van der Waals surface area contributed by atoms with Crippen molar-refractivity contribution >= 4 is 33.8 Å². The Kier molecular flexibility index (Phi) is 5.94. The second kappa shape index (κ2) is 9.69. The Balaban J connectivity index is 1.49. The summed E-state index contributed by atoms with van der Waals surface area (Å²) in [6.45, 7) is 2.07. The molecule has 0 amide bonds. The van der Waals surface area contributed by atoms with E-state index in [0.29, 0.717) is 10.6 Å². The molecule has 6 rings (SSSR count). The molecule has 6 aromatic rings. The van der Waals surface area contributed by atoms with Crippen LogP contribution in [0.15, 0.2) is 109 Å². The average molecular weight is 495 g/mol. The lowest BCUT2D eigenvalue weighted by molar-refractivity contribution is 0.884. The lowest BCUT2D eigenvalue weighted by Crippen LogP contribution is -1.94. The van der Waals surface area contributed by atoms with Crippen molar-refractivity contribution in [2.75, 3.05) is 0 Å². The van der Waals surface area contributed by atoms with Crippen LogP contribution in [0.25, 0.3) is 50.6 Å². The monoisotopic (exact) mass is 494 g/mol. The number of allylic oxidation sites excluding steroid dienone is 1. The molecule has 2 heterocycles. The van der Waals surface area contributed by atoms with Gasteiger partial charge in [-0.25, -0.2) is 9.67 Å². The number of aryl methyl sites for hydroxylation is 1. The van der Waals surface area contributed by atoms with Gasteiger partial charge in [0.05, 0.1) is 17.0 Å². The van der Waals surface area contributed by atoms with Crippen LogP contribution in [0.5, 0.6) is 0 Å². The van der Waals surface area contributed by atoms with E-state index >= 15 is 0 Å². The Hall–Kier alpha value is -4.79. The van der Waals surface area contributed by atoms with E-state index in [4.69, 9.17) is 10.1 Å². The standard InChI is InChI=1S/C32H22N4S/c1-22-14-16-24(17-15-22)30-21-37-32(34-30)25(19-33)18-26-20-36(27-10-3-2-4-11-27)35-31(26)29-13-7-9-23-8-5-6-12-28(23)29/h2-18,20-21H,1H3/b25-18+. The van der Waals surface area contributed by atoms with Crippen LogP contribution >= 0.6 is 11.3 Å². The number of nitrogens with zero attached hydrogens (tertiary/aromatic N) is 4. The van der Waals surface area contributed by atoms with Crippen molar-refractivity contribution in [1.29, 1.82) is 5.26 Å². The summed E-state index contributed by atoms with van der Waals surface area (Å²) in [6, 6.07) is 35.2. The van der Waals surface area contributed by atoms with Gasteiger partial charge in [0, 0.05) is 28.3 Å². The zero-order chi connectivity index (χ0) is 25.2. The van der Waals surface area contributed by atoms with E-state index in [1.807, 2.05) is 70.9 Å². The quantitative estimate of drug-likeness (QED) is 0.227. The van der Waals surface area contributed by atoms with Gasteiger partial charge in [0.1, 0.15) is 16.8 Å². The van der Waals surface area contributed by atoms with Crippen LogP contribution in [0.4, 0.5) is 0 Å². The highest BCUT2D eigenvalue weighted by molar-refractivity contribution is 7.11. The Labute approximate surface area is 219 Å². The van der Waals surface area contributed by atoms with Crippen molar-refractivity contribution in [1.82, 2.24) is 14.8 Å². The molecule has 4 nitrogen and oxygen atoms in total. The highest BCUT2D eigenvalue weighted by atomic mass is 32.1. The van der Waals surface area contributed by atoms with E-state index in [-0.39, 0.29) is 0 Å². The molecular weight excluding hydrogens is 472 g/mol. The topological polar surface area (TPSA) is 54.5 Å². The molecule has 4 aromatic carbocycles. The molecule has 5 heteroatoms. The summed E-state index contributed by atoms with van der Waals surface area (Å²) < 4.78 is 1.87. The van der Waals surface area contributed by atoms with Crippen LogP contribution in [0.3, 0.4) is 0 Å². The second-order valence-corrected chi connectivity index (χ2v) is 9.67. The van der Waals surface area contributed by atoms with Crippen LogP contribution in [0, 0.1) is 18.3 Å². The molecule has 37 heavy (non-hydrogen) atoms. The van der Waals surface area contributed by atoms with Gasteiger partial charge in [-0.15, -0.1) is 11.3 Å². The lowest BCUT2D eigenvalue weighted by atomic mass is 9.99. The van der Waals surface area contributed by atoms with Crippen LogP contribution in [0.1, 0.15) is 16.1 Å². The van der Waals surface area contributed by atoms with E-state index in [1.165, 1.54) is 16.9 Å². The Morgan fingerprint density at radius 1 is 0.892 bits per heavy atom. The first-order valence-corrected chi connectivity index (χ1v) is 12.9. The molecule has 0 fully saturated rings. The number of hydrogen-bond acceptors (Lipinski definition) is 4. The van der Waals surface area contributed by atoms with E-state index in [2.05, 4.69) is 61.5 Å². The minimum atomic E-state index is 0.512. The minimum Gasteiger partial charge on any atom is -0.240 e. The molecule has 0 N–H and O–H groups in total. The molecule has 0 aliphatic rings. The maximum absolute atomic E-state index is 10.1. The van der Waals surface area contributed by atoms with Gasteiger partial charge in [0.15, 0.2) is 0 Å². The minimum absolute atomic E-state index is 0.512. The number of nitriles is 1. The average Bonchev–Trinajstić information content (AvgIpc) is 3.60. The molecule has 0 radical (unpaired) electrons. The fourth-order valence-electron chi connectivity index (χ4n) is 4.40. The third-order valence-electron chi connectivity index (χ3n) is 6.31. The largest absolute Gasteiger partial charge is 0.240 e. The molecule has 0 unspecified atom stereocenters. The summed E-state index contributed by atoms with van der Waals surface area (Å²) in [6.07, 6.45) is 3.89. The summed E-state index contributed by atoms with van der Waals surface area (Å²) in [5, 5.41) is 20.1. The molecule has 2 aromatic heterocycles. The number of rotatable bonds is 5. The van der Waals surface area contributed by atoms with Gasteiger partial charge >= 0.3 is 0 Å². The van der Waals surface area contributed by atoms with Crippen LogP contribution in [0.2, 0.25) is 0 Å². The van der Waals surface area contributed by atoms with E-state index < -0.39 is 0 Å². The summed E-state index contributed by atoms with van der Waals surface area (Å²) in [5.41, 5.74) is 7.29. The fraction of sp³-hybridized carbons (Fsp3) is 0.0312. The smallest absolute Gasteiger partial charge is 0.134 e. The van der Waals surface area contributed by atoms with Crippen molar-refractivity contribution in [2.24, 2.45) is 0 Å². The zero-order valence-electron chi connectivity index (χ0n) is 20.2. The molecular formula is C32H22N4S. The summed E-state index contributed by atoms with van der Waals surface area (Å²) in [5.74, 6) is 0. The highest BCUT2D eigenvalue weighted by Gasteiger charge is 2.16. The number of aromatic nitrogens is 3. The fourth-order valence-corrected chi connectivity index (χ4v) is 5.19. The molecule has 0 atom stereocenters. The van der Waals surface area contributed by atoms with Crippen LogP contribution in [-0.4, -0.2) is 14.8 Å². The molecule has 0 saturated heterocycles. The molecule has 0 bridgehead atoms. The van der Waals surface area contributed by atoms with Crippen molar-refractivity contribution in [3.8, 4) is 34.3 Å². The molecule has 0 spiro atoms. The maximum atomic E-state index is 10.1. The lowest BCUT2D eigenvalue weighted by Gasteiger charge is -2.05. The normalized spacial score (nSPS) is 11.5. The van der Waals surface area contributed by atoms with Gasteiger partial charge in [0.25, 0.3) is 0 Å². The summed E-state index contributed by atoms with van der Waals surface area (Å²) >= 11 is 1.48. The van der Waals surface area contributed by atoms with Gasteiger partial charge in [-0.3, -0.25) is 0 Å². The number of fused-ring (bicyclic) bond motifs is 1. The Morgan fingerprint density at radius 2 is 1.65 bits per heavy atom.